The lowest BCUT2D eigenvalue weighted by molar-refractivity contribution is 1.03. The molecular formula is C52H37N5. The van der Waals surface area contributed by atoms with Crippen LogP contribution in [0.2, 0.25) is 0 Å². The van der Waals surface area contributed by atoms with E-state index < -0.39 is 0 Å². The SMILES string of the molecule is C=C/C=C\C=C(/C)c1nc(-c2ccccc2)nc(-c2ccc(-n3c4ccccc4c4ccc(-c5ccc6c(c5)c5ccccc5n6-c5ccccc5)cc43)cc2)n1. The highest BCUT2D eigenvalue weighted by Crippen LogP contribution is 2.38. The predicted molar refractivity (Wildman–Crippen MR) is 238 cm³/mol. The average Bonchev–Trinajstić information content (AvgIpc) is 3.79. The summed E-state index contributed by atoms with van der Waals surface area (Å²) in [4.78, 5) is 14.8. The van der Waals surface area contributed by atoms with Crippen LogP contribution in [0.25, 0.3) is 94.5 Å². The Morgan fingerprint density at radius 1 is 0.439 bits per heavy atom. The van der Waals surface area contributed by atoms with Gasteiger partial charge in [0.25, 0.3) is 0 Å². The Morgan fingerprint density at radius 3 is 1.65 bits per heavy atom. The first-order valence-corrected chi connectivity index (χ1v) is 19.2. The number of para-hydroxylation sites is 3. The summed E-state index contributed by atoms with van der Waals surface area (Å²) in [6.07, 6.45) is 7.59. The highest BCUT2D eigenvalue weighted by Gasteiger charge is 2.17. The molecule has 3 aromatic heterocycles. The molecule has 3 heterocycles. The van der Waals surface area contributed by atoms with Crippen molar-refractivity contribution in [3.8, 4) is 45.3 Å². The van der Waals surface area contributed by atoms with Crippen LogP contribution in [0.15, 0.2) is 201 Å². The summed E-state index contributed by atoms with van der Waals surface area (Å²) in [5.74, 6) is 1.90. The molecule has 0 aliphatic carbocycles. The van der Waals surface area contributed by atoms with Gasteiger partial charge in [-0.15, -0.1) is 0 Å². The van der Waals surface area contributed by atoms with Crippen molar-refractivity contribution in [2.24, 2.45) is 0 Å². The summed E-state index contributed by atoms with van der Waals surface area (Å²) in [6, 6.07) is 60.3. The topological polar surface area (TPSA) is 48.5 Å². The summed E-state index contributed by atoms with van der Waals surface area (Å²) in [5, 5.41) is 4.90. The summed E-state index contributed by atoms with van der Waals surface area (Å²) < 4.78 is 4.73. The molecule has 0 aliphatic rings. The van der Waals surface area contributed by atoms with E-state index in [-0.39, 0.29) is 0 Å². The van der Waals surface area contributed by atoms with Gasteiger partial charge in [-0.25, -0.2) is 15.0 Å². The Bertz CT molecular complexity index is 3180. The molecule has 5 nitrogen and oxygen atoms in total. The van der Waals surface area contributed by atoms with Crippen LogP contribution in [-0.2, 0) is 0 Å². The van der Waals surface area contributed by atoms with E-state index in [0.717, 1.165) is 39.1 Å². The molecule has 7 aromatic carbocycles. The molecular weight excluding hydrogens is 695 g/mol. The molecule has 0 fully saturated rings. The van der Waals surface area contributed by atoms with Crippen molar-refractivity contribution in [2.45, 2.75) is 6.92 Å². The quantitative estimate of drug-likeness (QED) is 0.146. The van der Waals surface area contributed by atoms with Crippen molar-refractivity contribution in [1.82, 2.24) is 24.1 Å². The molecule has 5 heteroatoms. The third-order valence-corrected chi connectivity index (χ3v) is 10.7. The van der Waals surface area contributed by atoms with Gasteiger partial charge in [-0.3, -0.25) is 0 Å². The molecule has 270 valence electrons. The van der Waals surface area contributed by atoms with E-state index in [0.29, 0.717) is 17.5 Å². The van der Waals surface area contributed by atoms with Crippen LogP contribution >= 0.6 is 0 Å². The van der Waals surface area contributed by atoms with Crippen molar-refractivity contribution in [2.75, 3.05) is 0 Å². The summed E-state index contributed by atoms with van der Waals surface area (Å²) in [7, 11) is 0. The lowest BCUT2D eigenvalue weighted by Crippen LogP contribution is -2.02. The number of allylic oxidation sites excluding steroid dienone is 5. The Labute approximate surface area is 330 Å². The van der Waals surface area contributed by atoms with Crippen LogP contribution in [0.1, 0.15) is 12.7 Å². The number of fused-ring (bicyclic) bond motifs is 6. The maximum absolute atomic E-state index is 4.96. The van der Waals surface area contributed by atoms with Gasteiger partial charge in [-0.05, 0) is 90.4 Å². The summed E-state index contributed by atoms with van der Waals surface area (Å²) in [6.45, 7) is 5.80. The van der Waals surface area contributed by atoms with Crippen molar-refractivity contribution in [3.05, 3.63) is 207 Å². The van der Waals surface area contributed by atoms with Gasteiger partial charge in [0.15, 0.2) is 17.5 Å². The van der Waals surface area contributed by atoms with Gasteiger partial charge in [-0.1, -0.05) is 134 Å². The Balaban J connectivity index is 1.09. The van der Waals surface area contributed by atoms with Gasteiger partial charge in [0.1, 0.15) is 0 Å². The van der Waals surface area contributed by atoms with E-state index in [1.165, 1.54) is 43.7 Å². The lowest BCUT2D eigenvalue weighted by atomic mass is 10.0. The van der Waals surface area contributed by atoms with E-state index in [4.69, 9.17) is 15.0 Å². The minimum absolute atomic E-state index is 0.624. The fraction of sp³-hybridized carbons (Fsp3) is 0.0192. The molecule has 10 rings (SSSR count). The van der Waals surface area contributed by atoms with E-state index in [1.807, 2.05) is 55.5 Å². The molecule has 0 spiro atoms. The van der Waals surface area contributed by atoms with E-state index in [2.05, 4.69) is 155 Å². The molecule has 0 bridgehead atoms. The predicted octanol–water partition coefficient (Wildman–Crippen LogP) is 13.2. The third kappa shape index (κ3) is 6.03. The molecule has 0 N–H and O–H groups in total. The zero-order valence-electron chi connectivity index (χ0n) is 31.4. The molecule has 57 heavy (non-hydrogen) atoms. The highest BCUT2D eigenvalue weighted by atomic mass is 15.0. The van der Waals surface area contributed by atoms with Crippen molar-refractivity contribution in [1.29, 1.82) is 0 Å². The molecule has 0 saturated heterocycles. The van der Waals surface area contributed by atoms with Crippen LogP contribution in [0, 0.1) is 0 Å². The minimum Gasteiger partial charge on any atom is -0.309 e. The Kier molecular flexibility index (Phi) is 8.46. The number of nitrogens with zero attached hydrogens (tertiary/aromatic N) is 5. The third-order valence-electron chi connectivity index (χ3n) is 10.7. The van der Waals surface area contributed by atoms with Gasteiger partial charge in [-0.2, -0.15) is 0 Å². The van der Waals surface area contributed by atoms with Crippen LogP contribution in [0.5, 0.6) is 0 Å². The fourth-order valence-corrected chi connectivity index (χ4v) is 7.95. The van der Waals surface area contributed by atoms with E-state index in [1.54, 1.807) is 6.08 Å². The molecule has 0 aliphatic heterocycles. The van der Waals surface area contributed by atoms with Crippen LogP contribution < -0.4 is 0 Å². The van der Waals surface area contributed by atoms with Gasteiger partial charge in [0, 0.05) is 44.0 Å². The zero-order chi connectivity index (χ0) is 38.3. The van der Waals surface area contributed by atoms with Crippen LogP contribution in [0.4, 0.5) is 0 Å². The molecule has 0 amide bonds. The number of benzene rings is 7. The second-order valence-electron chi connectivity index (χ2n) is 14.2. The van der Waals surface area contributed by atoms with Gasteiger partial charge < -0.3 is 9.13 Å². The van der Waals surface area contributed by atoms with Crippen molar-refractivity contribution in [3.63, 3.8) is 0 Å². The second-order valence-corrected chi connectivity index (χ2v) is 14.2. The van der Waals surface area contributed by atoms with Gasteiger partial charge in [0.2, 0.25) is 0 Å². The van der Waals surface area contributed by atoms with Crippen molar-refractivity contribution < 1.29 is 0 Å². The normalized spacial score (nSPS) is 12.1. The van der Waals surface area contributed by atoms with E-state index in [9.17, 15) is 0 Å². The first kappa shape index (κ1) is 33.9. The van der Waals surface area contributed by atoms with Gasteiger partial charge >= 0.3 is 0 Å². The summed E-state index contributed by atoms with van der Waals surface area (Å²) in [5.41, 5.74) is 12.1. The monoisotopic (exact) mass is 731 g/mol. The molecule has 0 saturated carbocycles. The second kappa shape index (κ2) is 14.2. The molecule has 0 unspecified atom stereocenters. The largest absolute Gasteiger partial charge is 0.309 e. The molecule has 0 atom stereocenters. The van der Waals surface area contributed by atoms with Crippen molar-refractivity contribution >= 4 is 49.2 Å². The summed E-state index contributed by atoms with van der Waals surface area (Å²) >= 11 is 0. The zero-order valence-corrected chi connectivity index (χ0v) is 31.4. The van der Waals surface area contributed by atoms with E-state index >= 15 is 0 Å². The van der Waals surface area contributed by atoms with Crippen LogP contribution in [0.3, 0.4) is 0 Å². The average molecular weight is 732 g/mol. The molecule has 10 aromatic rings. The first-order valence-electron chi connectivity index (χ1n) is 19.2. The van der Waals surface area contributed by atoms with Gasteiger partial charge in [0.05, 0.1) is 22.1 Å². The standard InChI is InChI=1S/C52H37N5/c1-3-4-7-16-35(2)50-53-51(36-17-8-5-9-18-36)55-52(54-50)37-25-29-41(30-26-37)57-46-23-14-12-21-42(46)44-31-27-39(34-49(44)57)38-28-32-48-45(33-38)43-22-13-15-24-47(43)56(48)40-19-10-6-11-20-40/h3-34H,1H2,2H3/b7-4-,35-16+. The number of hydrogen-bond donors (Lipinski definition) is 0. The maximum Gasteiger partial charge on any atom is 0.164 e. The first-order chi connectivity index (χ1) is 28.1. The van der Waals surface area contributed by atoms with Crippen LogP contribution in [-0.4, -0.2) is 24.1 Å². The molecule has 0 radical (unpaired) electrons. The Hall–Kier alpha value is -7.63. The number of hydrogen-bond acceptors (Lipinski definition) is 3. The number of rotatable bonds is 8. The minimum atomic E-state index is 0.624. The Morgan fingerprint density at radius 2 is 0.947 bits per heavy atom. The smallest absolute Gasteiger partial charge is 0.164 e. The fourth-order valence-electron chi connectivity index (χ4n) is 7.95. The lowest BCUT2D eigenvalue weighted by Gasteiger charge is -2.11. The number of aromatic nitrogens is 5. The maximum atomic E-state index is 4.96. The highest BCUT2D eigenvalue weighted by molar-refractivity contribution is 6.12.